The number of aryl methyl sites for hydroxylation is 1. The van der Waals surface area contributed by atoms with Crippen LogP contribution >= 0.6 is 11.8 Å². The van der Waals surface area contributed by atoms with Gasteiger partial charge in [-0.25, -0.2) is 0 Å². The van der Waals surface area contributed by atoms with E-state index in [1.54, 1.807) is 18.3 Å². The first-order chi connectivity index (χ1) is 9.97. The van der Waals surface area contributed by atoms with Gasteiger partial charge in [-0.15, -0.1) is 11.8 Å². The molecule has 0 fully saturated rings. The van der Waals surface area contributed by atoms with E-state index in [1.807, 2.05) is 32.9 Å². The van der Waals surface area contributed by atoms with Crippen LogP contribution in [0.3, 0.4) is 0 Å². The van der Waals surface area contributed by atoms with Gasteiger partial charge in [-0.3, -0.25) is 15.1 Å². The minimum atomic E-state index is -0.337. The molecule has 0 aliphatic carbocycles. The Morgan fingerprint density at radius 3 is 2.71 bits per heavy atom. The molecular formula is C16H22N2O2S. The van der Waals surface area contributed by atoms with Gasteiger partial charge in [-0.1, -0.05) is 39.3 Å². The number of hydrogen-bond donors (Lipinski definition) is 0. The van der Waals surface area contributed by atoms with Gasteiger partial charge in [0, 0.05) is 17.5 Å². The molecule has 0 unspecified atom stereocenters. The molecule has 114 valence electrons. The lowest BCUT2D eigenvalue weighted by molar-refractivity contribution is -0.387. The molecule has 21 heavy (non-hydrogen) atoms. The summed E-state index contributed by atoms with van der Waals surface area (Å²) < 4.78 is 0. The van der Waals surface area contributed by atoms with Crippen molar-refractivity contribution in [2.75, 3.05) is 0 Å². The van der Waals surface area contributed by atoms with Crippen molar-refractivity contribution in [1.29, 1.82) is 0 Å². The van der Waals surface area contributed by atoms with Crippen LogP contribution in [0.2, 0.25) is 0 Å². The maximum atomic E-state index is 11.2. The van der Waals surface area contributed by atoms with Crippen molar-refractivity contribution in [2.45, 2.75) is 50.7 Å². The second-order valence-corrected chi connectivity index (χ2v) is 6.58. The van der Waals surface area contributed by atoms with Crippen molar-refractivity contribution in [3.63, 3.8) is 0 Å². The first-order valence-electron chi connectivity index (χ1n) is 7.11. The smallest absolute Gasteiger partial charge is 0.258 e. The molecule has 0 saturated carbocycles. The summed E-state index contributed by atoms with van der Waals surface area (Å²) in [5.74, 6) is 0. The largest absolute Gasteiger partial charge is 0.285 e. The molecule has 0 aromatic heterocycles. The number of nitrogens with zero attached hydrogens (tertiary/aromatic N) is 2. The number of nitro benzene ring substituents is 1. The monoisotopic (exact) mass is 306 g/mol. The quantitative estimate of drug-likeness (QED) is 0.291. The fourth-order valence-electron chi connectivity index (χ4n) is 1.76. The van der Waals surface area contributed by atoms with Crippen molar-refractivity contribution in [3.05, 3.63) is 40.0 Å². The molecule has 1 rings (SSSR count). The molecule has 0 heterocycles. The Labute approximate surface area is 130 Å². The fourth-order valence-corrected chi connectivity index (χ4v) is 2.82. The van der Waals surface area contributed by atoms with E-state index in [-0.39, 0.29) is 15.9 Å². The van der Waals surface area contributed by atoms with E-state index in [2.05, 4.69) is 11.9 Å². The van der Waals surface area contributed by atoms with Gasteiger partial charge < -0.3 is 0 Å². The Balaban J connectivity index is 3.20. The first kappa shape index (κ1) is 17.4. The highest BCUT2D eigenvalue weighted by Crippen LogP contribution is 2.41. The molecule has 1 aromatic carbocycles. The lowest BCUT2D eigenvalue weighted by atomic mass is 10.2. The number of allylic oxidation sites excluding steroid dienone is 2. The number of unbranched alkanes of at least 4 members (excludes halogenated alkanes) is 1. The zero-order valence-electron chi connectivity index (χ0n) is 13.0. The van der Waals surface area contributed by atoms with Gasteiger partial charge in [0.25, 0.3) is 5.69 Å². The normalized spacial score (nSPS) is 11.9. The first-order valence-corrected chi connectivity index (χ1v) is 7.99. The van der Waals surface area contributed by atoms with E-state index in [9.17, 15) is 10.1 Å². The molecule has 0 bridgehead atoms. The minimum absolute atomic E-state index is 0.129. The second kappa shape index (κ2) is 8.62. The summed E-state index contributed by atoms with van der Waals surface area (Å²) >= 11 is 1.48. The Morgan fingerprint density at radius 1 is 1.43 bits per heavy atom. The second-order valence-electron chi connectivity index (χ2n) is 5.00. The van der Waals surface area contributed by atoms with Crippen molar-refractivity contribution in [1.82, 2.24) is 0 Å². The molecule has 0 saturated heterocycles. The van der Waals surface area contributed by atoms with Crippen LogP contribution in [0.15, 0.2) is 34.2 Å². The molecule has 0 aliphatic rings. The van der Waals surface area contributed by atoms with E-state index in [1.165, 1.54) is 11.8 Å². The summed E-state index contributed by atoms with van der Waals surface area (Å²) in [4.78, 5) is 16.0. The lowest BCUT2D eigenvalue weighted by Gasteiger charge is -2.10. The Morgan fingerprint density at radius 2 is 2.14 bits per heavy atom. The average Bonchev–Trinajstić information content (AvgIpc) is 2.40. The SMILES string of the molecule is CCC/C=C/C=N\c1c(C)ccc([N+](=O)[O-])c1SC(C)C. The molecule has 0 amide bonds. The highest BCUT2D eigenvalue weighted by atomic mass is 32.2. The van der Waals surface area contributed by atoms with Crippen LogP contribution in [0.1, 0.15) is 39.2 Å². The maximum Gasteiger partial charge on any atom is 0.285 e. The van der Waals surface area contributed by atoms with Crippen LogP contribution in [-0.2, 0) is 0 Å². The summed E-state index contributed by atoms with van der Waals surface area (Å²) in [7, 11) is 0. The Bertz CT molecular complexity index is 551. The van der Waals surface area contributed by atoms with Crippen LogP contribution in [0.5, 0.6) is 0 Å². The molecular weight excluding hydrogens is 284 g/mol. The molecule has 0 aliphatic heterocycles. The van der Waals surface area contributed by atoms with Crippen LogP contribution in [-0.4, -0.2) is 16.4 Å². The third-order valence-electron chi connectivity index (χ3n) is 2.74. The zero-order chi connectivity index (χ0) is 15.8. The number of aliphatic imine (C=N–C) groups is 1. The van der Waals surface area contributed by atoms with Gasteiger partial charge >= 0.3 is 0 Å². The lowest BCUT2D eigenvalue weighted by Crippen LogP contribution is -1.96. The number of benzene rings is 1. The van der Waals surface area contributed by atoms with Crippen LogP contribution in [0, 0.1) is 17.0 Å². The third-order valence-corrected chi connectivity index (χ3v) is 3.85. The van der Waals surface area contributed by atoms with Gasteiger partial charge in [0.2, 0.25) is 0 Å². The van der Waals surface area contributed by atoms with Crippen LogP contribution in [0.25, 0.3) is 0 Å². The predicted octanol–water partition coefficient (Wildman–Crippen LogP) is 5.46. The minimum Gasteiger partial charge on any atom is -0.258 e. The standard InChI is InChI=1S/C16H22N2O2S/c1-5-6-7-8-11-17-15-13(4)9-10-14(18(19)20)16(15)21-12(2)3/h7-12H,5-6H2,1-4H3/b8-7+,17-11-. The summed E-state index contributed by atoms with van der Waals surface area (Å²) in [5.41, 5.74) is 1.77. The van der Waals surface area contributed by atoms with Crippen LogP contribution in [0.4, 0.5) is 11.4 Å². The zero-order valence-corrected chi connectivity index (χ0v) is 13.8. The third kappa shape index (κ3) is 5.34. The Hall–Kier alpha value is -1.62. The summed E-state index contributed by atoms with van der Waals surface area (Å²) in [5, 5.41) is 11.5. The number of hydrogen-bond acceptors (Lipinski definition) is 4. The highest BCUT2D eigenvalue weighted by Gasteiger charge is 2.20. The molecule has 0 radical (unpaired) electrons. The van der Waals surface area contributed by atoms with E-state index >= 15 is 0 Å². The van der Waals surface area contributed by atoms with Crippen molar-refractivity contribution >= 4 is 29.4 Å². The van der Waals surface area contributed by atoms with Crippen LogP contribution < -0.4 is 0 Å². The highest BCUT2D eigenvalue weighted by molar-refractivity contribution is 8.00. The van der Waals surface area contributed by atoms with Crippen molar-refractivity contribution in [2.24, 2.45) is 4.99 Å². The molecule has 1 aromatic rings. The van der Waals surface area contributed by atoms with Gasteiger partial charge in [-0.2, -0.15) is 0 Å². The maximum absolute atomic E-state index is 11.2. The fraction of sp³-hybridized carbons (Fsp3) is 0.438. The molecule has 5 heteroatoms. The molecule has 0 spiro atoms. The topological polar surface area (TPSA) is 55.5 Å². The molecule has 0 N–H and O–H groups in total. The Kier molecular flexibility index (Phi) is 7.15. The number of nitro groups is 1. The van der Waals surface area contributed by atoms with Gasteiger partial charge in [0.15, 0.2) is 0 Å². The van der Waals surface area contributed by atoms with E-state index in [0.717, 1.165) is 18.4 Å². The van der Waals surface area contributed by atoms with E-state index in [0.29, 0.717) is 10.6 Å². The van der Waals surface area contributed by atoms with Gasteiger partial charge in [0.1, 0.15) is 4.90 Å². The van der Waals surface area contributed by atoms with Gasteiger partial charge in [0.05, 0.1) is 10.6 Å². The number of rotatable bonds is 7. The summed E-state index contributed by atoms with van der Waals surface area (Å²) in [6.07, 6.45) is 7.76. The number of thioether (sulfide) groups is 1. The van der Waals surface area contributed by atoms with Gasteiger partial charge in [-0.05, 0) is 25.0 Å². The molecule has 4 nitrogen and oxygen atoms in total. The van der Waals surface area contributed by atoms with Crippen molar-refractivity contribution < 1.29 is 4.92 Å². The van der Waals surface area contributed by atoms with Crippen molar-refractivity contribution in [3.8, 4) is 0 Å². The van der Waals surface area contributed by atoms with E-state index < -0.39 is 0 Å². The summed E-state index contributed by atoms with van der Waals surface area (Å²) in [6, 6.07) is 3.32. The molecule has 0 atom stereocenters. The predicted molar refractivity (Wildman–Crippen MR) is 91.0 cm³/mol. The van der Waals surface area contributed by atoms with E-state index in [4.69, 9.17) is 0 Å². The summed E-state index contributed by atoms with van der Waals surface area (Å²) in [6.45, 7) is 8.08. The average molecular weight is 306 g/mol.